The molecule has 0 radical (unpaired) electrons. The van der Waals surface area contributed by atoms with Crippen molar-refractivity contribution < 1.29 is 14.6 Å². The Morgan fingerprint density at radius 2 is 2.06 bits per heavy atom. The summed E-state index contributed by atoms with van der Waals surface area (Å²) < 4.78 is 5.31. The Balaban J connectivity index is 1.71. The molecule has 0 aromatic heterocycles. The van der Waals surface area contributed by atoms with Gasteiger partial charge in [-0.25, -0.2) is 0 Å². The van der Waals surface area contributed by atoms with Crippen molar-refractivity contribution in [2.75, 3.05) is 32.9 Å². The van der Waals surface area contributed by atoms with Gasteiger partial charge in [0.05, 0.1) is 0 Å². The number of amides is 1. The highest BCUT2D eigenvalue weighted by atomic mass is 16.5. The van der Waals surface area contributed by atoms with Crippen LogP contribution in [0.5, 0.6) is 0 Å². The van der Waals surface area contributed by atoms with Crippen LogP contribution in [0, 0.1) is 11.8 Å². The van der Waals surface area contributed by atoms with Crippen molar-refractivity contribution in [2.24, 2.45) is 11.8 Å². The lowest BCUT2D eigenvalue weighted by molar-refractivity contribution is -0.128. The Morgan fingerprint density at radius 3 is 2.69 bits per heavy atom. The molecule has 0 bridgehead atoms. The van der Waals surface area contributed by atoms with Gasteiger partial charge in [0, 0.05) is 45.2 Å². The molecule has 0 saturated carbocycles. The van der Waals surface area contributed by atoms with Gasteiger partial charge in [-0.2, -0.15) is 0 Å². The summed E-state index contributed by atoms with van der Waals surface area (Å²) in [7, 11) is 0. The van der Waals surface area contributed by atoms with Crippen LogP contribution in [0.25, 0.3) is 0 Å². The van der Waals surface area contributed by atoms with Crippen molar-refractivity contribution in [3.05, 3.63) is 0 Å². The average Bonchev–Trinajstić information content (AvgIpc) is 2.69. The Kier molecular flexibility index (Phi) is 4.18. The van der Waals surface area contributed by atoms with Crippen LogP contribution >= 0.6 is 0 Å². The second-order valence-electron chi connectivity index (χ2n) is 4.94. The first-order valence-electron chi connectivity index (χ1n) is 6.26. The monoisotopic (exact) mass is 227 g/mol. The quantitative estimate of drug-likeness (QED) is 0.767. The van der Waals surface area contributed by atoms with Crippen LogP contribution in [-0.2, 0) is 9.53 Å². The molecule has 4 nitrogen and oxygen atoms in total. The lowest BCUT2D eigenvalue weighted by Gasteiger charge is -2.24. The molecule has 2 aliphatic rings. The molecule has 92 valence electrons. The highest BCUT2D eigenvalue weighted by Gasteiger charge is 2.29. The van der Waals surface area contributed by atoms with E-state index in [0.29, 0.717) is 6.42 Å². The molecule has 1 N–H and O–H groups in total. The molecule has 2 aliphatic heterocycles. The van der Waals surface area contributed by atoms with Gasteiger partial charge in [0.1, 0.15) is 0 Å². The van der Waals surface area contributed by atoms with Crippen LogP contribution in [0.15, 0.2) is 0 Å². The van der Waals surface area contributed by atoms with Crippen molar-refractivity contribution in [3.8, 4) is 0 Å². The SMILES string of the molecule is O=C1CC(CO)CN1CCC1CCOCC1. The Morgan fingerprint density at radius 1 is 1.31 bits per heavy atom. The first-order valence-corrected chi connectivity index (χ1v) is 6.26. The third kappa shape index (κ3) is 2.95. The van der Waals surface area contributed by atoms with Crippen LogP contribution in [0.3, 0.4) is 0 Å². The third-order valence-corrected chi connectivity index (χ3v) is 3.70. The zero-order valence-corrected chi connectivity index (χ0v) is 9.73. The molecule has 2 heterocycles. The molecule has 0 aromatic carbocycles. The van der Waals surface area contributed by atoms with E-state index in [-0.39, 0.29) is 18.4 Å². The maximum absolute atomic E-state index is 11.6. The van der Waals surface area contributed by atoms with Gasteiger partial charge in [0.25, 0.3) is 0 Å². The fourth-order valence-corrected chi connectivity index (χ4v) is 2.57. The molecular formula is C12H21NO3. The van der Waals surface area contributed by atoms with Gasteiger partial charge in [0.15, 0.2) is 0 Å². The van der Waals surface area contributed by atoms with E-state index in [9.17, 15) is 4.79 Å². The molecule has 4 heteroatoms. The van der Waals surface area contributed by atoms with Gasteiger partial charge in [0.2, 0.25) is 5.91 Å². The summed E-state index contributed by atoms with van der Waals surface area (Å²) in [5.74, 6) is 1.10. The predicted octanol–water partition coefficient (Wildman–Crippen LogP) is 0.644. The van der Waals surface area contributed by atoms with Crippen LogP contribution < -0.4 is 0 Å². The summed E-state index contributed by atoms with van der Waals surface area (Å²) in [6.07, 6.45) is 3.88. The molecule has 1 amide bonds. The van der Waals surface area contributed by atoms with Crippen molar-refractivity contribution >= 4 is 5.91 Å². The molecule has 0 aromatic rings. The maximum Gasteiger partial charge on any atom is 0.223 e. The van der Waals surface area contributed by atoms with Crippen molar-refractivity contribution in [3.63, 3.8) is 0 Å². The lowest BCUT2D eigenvalue weighted by atomic mass is 9.96. The minimum absolute atomic E-state index is 0.138. The summed E-state index contributed by atoms with van der Waals surface area (Å²) in [4.78, 5) is 13.5. The third-order valence-electron chi connectivity index (χ3n) is 3.70. The van der Waals surface area contributed by atoms with Crippen molar-refractivity contribution in [2.45, 2.75) is 25.7 Å². The molecule has 1 unspecified atom stereocenters. The zero-order valence-electron chi connectivity index (χ0n) is 9.73. The molecular weight excluding hydrogens is 206 g/mol. The van der Waals surface area contributed by atoms with Crippen LogP contribution in [-0.4, -0.2) is 48.8 Å². The number of carbonyl (C=O) groups excluding carboxylic acids is 1. The second-order valence-corrected chi connectivity index (χ2v) is 4.94. The van der Waals surface area contributed by atoms with Crippen molar-refractivity contribution in [1.29, 1.82) is 0 Å². The molecule has 2 rings (SSSR count). The zero-order chi connectivity index (χ0) is 11.4. The van der Waals surface area contributed by atoms with Crippen LogP contribution in [0.1, 0.15) is 25.7 Å². The highest BCUT2D eigenvalue weighted by molar-refractivity contribution is 5.78. The van der Waals surface area contributed by atoms with E-state index < -0.39 is 0 Å². The van der Waals surface area contributed by atoms with Gasteiger partial charge in [-0.3, -0.25) is 4.79 Å². The second kappa shape index (κ2) is 5.64. The minimum Gasteiger partial charge on any atom is -0.396 e. The Bertz CT molecular complexity index is 238. The number of aliphatic hydroxyl groups is 1. The van der Waals surface area contributed by atoms with E-state index in [0.717, 1.165) is 51.5 Å². The molecule has 0 aliphatic carbocycles. The topological polar surface area (TPSA) is 49.8 Å². The highest BCUT2D eigenvalue weighted by Crippen LogP contribution is 2.22. The summed E-state index contributed by atoms with van der Waals surface area (Å²) in [5.41, 5.74) is 0. The molecule has 2 fully saturated rings. The Labute approximate surface area is 96.6 Å². The van der Waals surface area contributed by atoms with Gasteiger partial charge in [-0.15, -0.1) is 0 Å². The molecule has 0 spiro atoms. The molecule has 16 heavy (non-hydrogen) atoms. The number of aliphatic hydroxyl groups excluding tert-OH is 1. The van der Waals surface area contributed by atoms with E-state index in [4.69, 9.17) is 9.84 Å². The van der Waals surface area contributed by atoms with Gasteiger partial charge < -0.3 is 14.7 Å². The maximum atomic E-state index is 11.6. The van der Waals surface area contributed by atoms with E-state index >= 15 is 0 Å². The first kappa shape index (κ1) is 11.9. The number of likely N-dealkylation sites (tertiary alicyclic amines) is 1. The number of nitrogens with zero attached hydrogens (tertiary/aromatic N) is 1. The number of hydrogen-bond donors (Lipinski definition) is 1. The van der Waals surface area contributed by atoms with Gasteiger partial charge in [-0.05, 0) is 25.2 Å². The summed E-state index contributed by atoms with van der Waals surface area (Å²) in [6, 6.07) is 0. The number of carbonyl (C=O) groups is 1. The lowest BCUT2D eigenvalue weighted by Crippen LogP contribution is -2.29. The fraction of sp³-hybridized carbons (Fsp3) is 0.917. The van der Waals surface area contributed by atoms with Gasteiger partial charge in [-0.1, -0.05) is 0 Å². The fourth-order valence-electron chi connectivity index (χ4n) is 2.57. The minimum atomic E-state index is 0.138. The van der Waals surface area contributed by atoms with E-state index in [2.05, 4.69) is 0 Å². The number of ether oxygens (including phenoxy) is 1. The van der Waals surface area contributed by atoms with E-state index in [1.165, 1.54) is 0 Å². The summed E-state index contributed by atoms with van der Waals surface area (Å²) in [5, 5.41) is 9.02. The Hall–Kier alpha value is -0.610. The number of hydrogen-bond acceptors (Lipinski definition) is 3. The summed E-state index contributed by atoms with van der Waals surface area (Å²) in [6.45, 7) is 3.49. The smallest absolute Gasteiger partial charge is 0.223 e. The largest absolute Gasteiger partial charge is 0.396 e. The molecule has 1 atom stereocenters. The molecule has 2 saturated heterocycles. The van der Waals surface area contributed by atoms with Crippen LogP contribution in [0.4, 0.5) is 0 Å². The first-order chi connectivity index (χ1) is 7.79. The van der Waals surface area contributed by atoms with Crippen LogP contribution in [0.2, 0.25) is 0 Å². The standard InChI is InChI=1S/C12H21NO3/c14-9-11-7-12(15)13(8-11)4-1-10-2-5-16-6-3-10/h10-11,14H,1-9H2. The number of rotatable bonds is 4. The average molecular weight is 227 g/mol. The van der Waals surface area contributed by atoms with Crippen molar-refractivity contribution in [1.82, 2.24) is 4.90 Å². The van der Waals surface area contributed by atoms with E-state index in [1.54, 1.807) is 0 Å². The summed E-state index contributed by atoms with van der Waals surface area (Å²) >= 11 is 0. The van der Waals surface area contributed by atoms with E-state index in [1.807, 2.05) is 4.90 Å². The van der Waals surface area contributed by atoms with Gasteiger partial charge >= 0.3 is 0 Å². The normalized spacial score (nSPS) is 27.7. The predicted molar refractivity (Wildman–Crippen MR) is 59.9 cm³/mol.